The fourth-order valence-corrected chi connectivity index (χ4v) is 7.67. The van der Waals surface area contributed by atoms with Crippen LogP contribution in [0.15, 0.2) is 30.3 Å². The zero-order valence-electron chi connectivity index (χ0n) is 16.6. The summed E-state index contributed by atoms with van der Waals surface area (Å²) in [7, 11) is -7.44. The average Bonchev–Trinajstić information content (AvgIpc) is 3.02. The van der Waals surface area contributed by atoms with Gasteiger partial charge in [-0.05, 0) is 45.5 Å². The van der Waals surface area contributed by atoms with Gasteiger partial charge in [-0.15, -0.1) is 0 Å². The summed E-state index contributed by atoms with van der Waals surface area (Å²) >= 11 is 5.46. The minimum Gasteiger partial charge on any atom is -0.346 e. The van der Waals surface area contributed by atoms with Gasteiger partial charge in [0.25, 0.3) is 0 Å². The molecule has 0 aliphatic carbocycles. The molecule has 1 aliphatic heterocycles. The van der Waals surface area contributed by atoms with E-state index in [-0.39, 0.29) is 31.5 Å². The molecule has 1 aromatic carbocycles. The molecule has 0 saturated carbocycles. The van der Waals surface area contributed by atoms with Crippen molar-refractivity contribution in [3.05, 3.63) is 35.9 Å². The molecule has 0 radical (unpaired) electrons. The molecule has 1 aliphatic rings. The molecule has 2 rings (SSSR count). The Labute approximate surface area is 172 Å². The molecular formula is C17H28N2O6P2S. The van der Waals surface area contributed by atoms with Crippen LogP contribution in [0.5, 0.6) is 0 Å². The number of hydrogen-bond acceptors (Lipinski definition) is 7. The van der Waals surface area contributed by atoms with Crippen molar-refractivity contribution in [2.75, 3.05) is 26.4 Å². The lowest BCUT2D eigenvalue weighted by Crippen LogP contribution is -2.30. The lowest BCUT2D eigenvalue weighted by Gasteiger charge is -2.34. The highest BCUT2D eigenvalue weighted by Crippen LogP contribution is 2.65. The Hall–Kier alpha value is -0.790. The lowest BCUT2D eigenvalue weighted by molar-refractivity contribution is 0.175. The Morgan fingerprint density at radius 3 is 1.89 bits per heavy atom. The van der Waals surface area contributed by atoms with Crippen LogP contribution in [0.3, 0.4) is 0 Å². The first-order valence-corrected chi connectivity index (χ1v) is 12.8. The Morgan fingerprint density at radius 2 is 1.43 bits per heavy atom. The molecule has 0 bridgehead atoms. The summed E-state index contributed by atoms with van der Waals surface area (Å²) in [6.07, 6.45) is 0. The first-order chi connectivity index (χ1) is 13.4. The van der Waals surface area contributed by atoms with Crippen molar-refractivity contribution in [3.8, 4) is 0 Å². The third kappa shape index (κ3) is 4.85. The quantitative estimate of drug-likeness (QED) is 0.381. The highest BCUT2D eigenvalue weighted by atomic mass is 32.1. The fourth-order valence-electron chi connectivity index (χ4n) is 3.07. The number of nitrogens with one attached hydrogen (secondary N) is 1. The second kappa shape index (κ2) is 10.3. The van der Waals surface area contributed by atoms with Crippen LogP contribution in [0.2, 0.25) is 0 Å². The topological polar surface area (TPSA) is 86.3 Å². The monoisotopic (exact) mass is 450 g/mol. The standard InChI is InChI=1S/C17H28N2O6P2S/c1-5-22-26(20,23-6-2)16-15(14-12-10-9-11-13-14)19(17(28)18-16)27(21,24-7-3)25-8-4/h9-13,15-16H,5-8H2,1-4H3,(H,18,28)/t15-,16+/m1/s1. The van der Waals surface area contributed by atoms with E-state index in [1.54, 1.807) is 27.7 Å². The van der Waals surface area contributed by atoms with Gasteiger partial charge in [0.05, 0.1) is 32.5 Å². The largest absolute Gasteiger partial charge is 0.437 e. The van der Waals surface area contributed by atoms with Gasteiger partial charge in [-0.3, -0.25) is 13.6 Å². The van der Waals surface area contributed by atoms with Crippen molar-refractivity contribution in [1.82, 2.24) is 9.99 Å². The zero-order valence-corrected chi connectivity index (χ0v) is 19.2. The van der Waals surface area contributed by atoms with E-state index in [4.69, 9.17) is 30.3 Å². The zero-order chi connectivity index (χ0) is 20.8. The van der Waals surface area contributed by atoms with E-state index in [0.29, 0.717) is 0 Å². The molecule has 28 heavy (non-hydrogen) atoms. The van der Waals surface area contributed by atoms with E-state index in [1.165, 1.54) is 4.67 Å². The molecule has 0 spiro atoms. The Balaban J connectivity index is 2.60. The van der Waals surface area contributed by atoms with Crippen molar-refractivity contribution in [1.29, 1.82) is 0 Å². The maximum absolute atomic E-state index is 13.6. The highest BCUT2D eigenvalue weighted by molar-refractivity contribution is 7.81. The van der Waals surface area contributed by atoms with Gasteiger partial charge in [-0.2, -0.15) is 0 Å². The average molecular weight is 450 g/mol. The Kier molecular flexibility index (Phi) is 8.64. The summed E-state index contributed by atoms with van der Waals surface area (Å²) in [5, 5.41) is 3.11. The summed E-state index contributed by atoms with van der Waals surface area (Å²) < 4.78 is 50.7. The minimum absolute atomic E-state index is 0.115. The maximum atomic E-state index is 13.6. The molecule has 11 heteroatoms. The predicted octanol–water partition coefficient (Wildman–Crippen LogP) is 4.69. The van der Waals surface area contributed by atoms with Crippen molar-refractivity contribution in [2.24, 2.45) is 0 Å². The molecule has 1 N–H and O–H groups in total. The first-order valence-electron chi connectivity index (χ1n) is 9.29. The van der Waals surface area contributed by atoms with E-state index in [1.807, 2.05) is 30.3 Å². The second-order valence-corrected chi connectivity index (χ2v) is 10.2. The van der Waals surface area contributed by atoms with Gasteiger partial charge in [-0.1, -0.05) is 30.3 Å². The SMILES string of the molecule is CCOP(=O)(OCC)[C@@H]1NC(=S)N(P(=O)(OCC)OCC)[C@@H]1c1ccccc1. The number of rotatable bonds is 11. The number of benzene rings is 1. The molecule has 1 saturated heterocycles. The number of nitrogens with zero attached hydrogens (tertiary/aromatic N) is 1. The maximum Gasteiger partial charge on any atom is 0.437 e. The predicted molar refractivity (Wildman–Crippen MR) is 112 cm³/mol. The van der Waals surface area contributed by atoms with Gasteiger partial charge in [0.2, 0.25) is 0 Å². The third-order valence-electron chi connectivity index (χ3n) is 3.99. The van der Waals surface area contributed by atoms with Crippen molar-refractivity contribution in [2.45, 2.75) is 39.5 Å². The van der Waals surface area contributed by atoms with Gasteiger partial charge >= 0.3 is 15.3 Å². The molecule has 1 heterocycles. The molecule has 1 fully saturated rings. The van der Waals surface area contributed by atoms with Crippen LogP contribution < -0.4 is 5.32 Å². The molecule has 0 amide bonds. The molecular weight excluding hydrogens is 422 g/mol. The summed E-state index contributed by atoms with van der Waals surface area (Å²) in [6.45, 7) is 7.63. The smallest absolute Gasteiger partial charge is 0.346 e. The van der Waals surface area contributed by atoms with Gasteiger partial charge < -0.3 is 14.4 Å². The van der Waals surface area contributed by atoms with Gasteiger partial charge in [0.15, 0.2) is 10.9 Å². The molecule has 158 valence electrons. The van der Waals surface area contributed by atoms with E-state index < -0.39 is 27.2 Å². The number of hydrogen-bond donors (Lipinski definition) is 1. The molecule has 8 nitrogen and oxygen atoms in total. The normalized spacial score (nSPS) is 20.4. The molecule has 2 atom stereocenters. The molecule has 0 unspecified atom stereocenters. The number of thiocarbonyl (C=S) groups is 1. The van der Waals surface area contributed by atoms with Gasteiger partial charge in [-0.25, -0.2) is 9.24 Å². The van der Waals surface area contributed by atoms with E-state index >= 15 is 0 Å². The van der Waals surface area contributed by atoms with E-state index in [2.05, 4.69) is 5.32 Å². The molecule has 0 aromatic heterocycles. The third-order valence-corrected chi connectivity index (χ3v) is 8.91. The van der Waals surface area contributed by atoms with Crippen LogP contribution in [0.25, 0.3) is 0 Å². The van der Waals surface area contributed by atoms with Crippen molar-refractivity contribution < 1.29 is 27.2 Å². The first kappa shape index (κ1) is 23.5. The summed E-state index contributed by atoms with van der Waals surface area (Å²) in [5.74, 6) is -0.864. The van der Waals surface area contributed by atoms with E-state index in [0.717, 1.165) is 5.56 Å². The Morgan fingerprint density at radius 1 is 0.929 bits per heavy atom. The van der Waals surface area contributed by atoms with Gasteiger partial charge in [0, 0.05) is 0 Å². The summed E-state index contributed by atoms with van der Waals surface area (Å²) in [6, 6.07) is 8.49. The Bertz CT molecular complexity index is 730. The second-order valence-electron chi connectivity index (χ2n) is 5.77. The van der Waals surface area contributed by atoms with Gasteiger partial charge in [0.1, 0.15) is 0 Å². The van der Waals surface area contributed by atoms with Crippen molar-refractivity contribution in [3.63, 3.8) is 0 Å². The van der Waals surface area contributed by atoms with Crippen LogP contribution >= 0.6 is 27.6 Å². The van der Waals surface area contributed by atoms with Crippen LogP contribution in [0.4, 0.5) is 0 Å². The van der Waals surface area contributed by atoms with Crippen LogP contribution in [0.1, 0.15) is 39.3 Å². The van der Waals surface area contributed by atoms with Crippen LogP contribution in [0, 0.1) is 0 Å². The minimum atomic E-state index is -3.79. The lowest BCUT2D eigenvalue weighted by atomic mass is 10.1. The summed E-state index contributed by atoms with van der Waals surface area (Å²) in [4.78, 5) is 0. The van der Waals surface area contributed by atoms with Crippen LogP contribution in [-0.2, 0) is 27.2 Å². The van der Waals surface area contributed by atoms with E-state index in [9.17, 15) is 9.13 Å². The highest BCUT2D eigenvalue weighted by Gasteiger charge is 2.56. The fraction of sp³-hybridized carbons (Fsp3) is 0.588. The summed E-state index contributed by atoms with van der Waals surface area (Å²) in [5.41, 5.74) is 0.735. The molecule has 1 aromatic rings. The van der Waals surface area contributed by atoms with Crippen LogP contribution in [-0.4, -0.2) is 42.0 Å². The van der Waals surface area contributed by atoms with Crippen molar-refractivity contribution >= 4 is 32.7 Å².